The van der Waals surface area contributed by atoms with Gasteiger partial charge in [-0.2, -0.15) is 0 Å². The summed E-state index contributed by atoms with van der Waals surface area (Å²) in [7, 11) is 1.63. The van der Waals surface area contributed by atoms with Crippen LogP contribution in [0.1, 0.15) is 38.7 Å². The lowest BCUT2D eigenvalue weighted by molar-refractivity contribution is 0.0945. The Morgan fingerprint density at radius 2 is 1.92 bits per heavy atom. The molecule has 136 valence electrons. The highest BCUT2D eigenvalue weighted by molar-refractivity contribution is 7.11. The molecule has 1 aromatic carbocycles. The molecule has 8 nitrogen and oxygen atoms in total. The van der Waals surface area contributed by atoms with E-state index in [-0.39, 0.29) is 5.91 Å². The van der Waals surface area contributed by atoms with E-state index in [1.54, 1.807) is 11.8 Å². The van der Waals surface area contributed by atoms with Crippen molar-refractivity contribution >= 4 is 17.2 Å². The fourth-order valence-corrected chi connectivity index (χ4v) is 3.09. The molecule has 0 bridgehead atoms. The zero-order valence-corrected chi connectivity index (χ0v) is 15.7. The summed E-state index contributed by atoms with van der Waals surface area (Å²) in [6.07, 6.45) is 0.838. The van der Waals surface area contributed by atoms with Crippen molar-refractivity contribution < 1.29 is 9.53 Å². The second-order valence-electron chi connectivity index (χ2n) is 5.65. The minimum atomic E-state index is -0.267. The predicted molar refractivity (Wildman–Crippen MR) is 97.3 cm³/mol. The monoisotopic (exact) mass is 372 g/mol. The molecule has 2 heterocycles. The fourth-order valence-electron chi connectivity index (χ4n) is 2.37. The molecule has 1 N–H and O–H groups in total. The van der Waals surface area contributed by atoms with E-state index in [1.165, 1.54) is 11.3 Å². The highest BCUT2D eigenvalue weighted by Crippen LogP contribution is 2.14. The molecule has 0 fully saturated rings. The minimum Gasteiger partial charge on any atom is -0.497 e. The molecule has 0 aliphatic heterocycles. The standard InChI is InChI=1S/C17H20N6O2S/c1-4-14-19-20-15(26-14)9-18-17(24)16-11(2)23(22-21-16)10-12-5-7-13(25-3)8-6-12/h5-8H,4,9-10H2,1-3H3,(H,18,24). The van der Waals surface area contributed by atoms with E-state index in [0.717, 1.165) is 27.7 Å². The van der Waals surface area contributed by atoms with Crippen LogP contribution in [0.3, 0.4) is 0 Å². The first-order chi connectivity index (χ1) is 12.6. The molecule has 0 radical (unpaired) electrons. The summed E-state index contributed by atoms with van der Waals surface area (Å²) in [5, 5.41) is 20.8. The number of hydrogen-bond donors (Lipinski definition) is 1. The van der Waals surface area contributed by atoms with Crippen molar-refractivity contribution in [3.05, 3.63) is 51.2 Å². The number of hydrogen-bond acceptors (Lipinski definition) is 7. The largest absolute Gasteiger partial charge is 0.497 e. The number of nitrogens with zero attached hydrogens (tertiary/aromatic N) is 5. The fraction of sp³-hybridized carbons (Fsp3) is 0.353. The zero-order chi connectivity index (χ0) is 18.5. The van der Waals surface area contributed by atoms with Crippen LogP contribution in [-0.4, -0.2) is 38.2 Å². The van der Waals surface area contributed by atoms with Crippen molar-refractivity contribution in [1.29, 1.82) is 0 Å². The quantitative estimate of drug-likeness (QED) is 0.681. The van der Waals surface area contributed by atoms with E-state index in [0.29, 0.717) is 24.5 Å². The maximum Gasteiger partial charge on any atom is 0.274 e. The van der Waals surface area contributed by atoms with Gasteiger partial charge in [0.05, 0.1) is 25.9 Å². The first-order valence-electron chi connectivity index (χ1n) is 8.23. The zero-order valence-electron chi connectivity index (χ0n) is 14.9. The molecular formula is C17H20N6O2S. The molecule has 0 aliphatic carbocycles. The van der Waals surface area contributed by atoms with Gasteiger partial charge < -0.3 is 10.1 Å². The number of rotatable bonds is 7. The van der Waals surface area contributed by atoms with E-state index in [1.807, 2.05) is 38.1 Å². The van der Waals surface area contributed by atoms with Gasteiger partial charge in [-0.05, 0) is 31.0 Å². The van der Waals surface area contributed by atoms with Crippen molar-refractivity contribution in [3.63, 3.8) is 0 Å². The molecule has 26 heavy (non-hydrogen) atoms. The van der Waals surface area contributed by atoms with Crippen LogP contribution < -0.4 is 10.1 Å². The molecule has 0 saturated heterocycles. The Balaban J connectivity index is 1.64. The minimum absolute atomic E-state index is 0.267. The van der Waals surface area contributed by atoms with Crippen molar-refractivity contribution in [2.24, 2.45) is 0 Å². The molecular weight excluding hydrogens is 352 g/mol. The van der Waals surface area contributed by atoms with Gasteiger partial charge in [0.2, 0.25) is 0 Å². The maximum atomic E-state index is 12.4. The van der Waals surface area contributed by atoms with E-state index in [2.05, 4.69) is 25.8 Å². The Morgan fingerprint density at radius 3 is 2.58 bits per heavy atom. The lowest BCUT2D eigenvalue weighted by atomic mass is 10.2. The van der Waals surface area contributed by atoms with Crippen molar-refractivity contribution in [3.8, 4) is 5.75 Å². The molecule has 9 heteroatoms. The van der Waals surface area contributed by atoms with Gasteiger partial charge in [0.1, 0.15) is 15.8 Å². The van der Waals surface area contributed by atoms with Crippen LogP contribution in [0.5, 0.6) is 5.75 Å². The summed E-state index contributed by atoms with van der Waals surface area (Å²) in [4.78, 5) is 12.4. The molecule has 2 aromatic heterocycles. The van der Waals surface area contributed by atoms with Crippen molar-refractivity contribution in [1.82, 2.24) is 30.5 Å². The molecule has 0 atom stereocenters. The average Bonchev–Trinajstić information content (AvgIpc) is 3.27. The van der Waals surface area contributed by atoms with Gasteiger partial charge in [0, 0.05) is 0 Å². The maximum absolute atomic E-state index is 12.4. The first kappa shape index (κ1) is 18.0. The van der Waals surface area contributed by atoms with E-state index in [4.69, 9.17) is 4.74 Å². The third-order valence-corrected chi connectivity index (χ3v) is 4.97. The molecule has 1 amide bonds. The summed E-state index contributed by atoms with van der Waals surface area (Å²) in [6.45, 7) is 4.72. The Hall–Kier alpha value is -2.81. The SMILES string of the molecule is CCc1nnc(CNC(=O)c2nnn(Cc3ccc(OC)cc3)c2C)s1. The van der Waals surface area contributed by atoms with Gasteiger partial charge >= 0.3 is 0 Å². The van der Waals surface area contributed by atoms with Crippen LogP contribution >= 0.6 is 11.3 Å². The molecule has 0 saturated carbocycles. The Morgan fingerprint density at radius 1 is 1.19 bits per heavy atom. The van der Waals surface area contributed by atoms with Gasteiger partial charge in [-0.1, -0.05) is 35.6 Å². The number of carbonyl (C=O) groups excluding carboxylic acids is 1. The van der Waals surface area contributed by atoms with Gasteiger partial charge in [-0.25, -0.2) is 4.68 Å². The highest BCUT2D eigenvalue weighted by Gasteiger charge is 2.17. The third-order valence-electron chi connectivity index (χ3n) is 3.90. The van der Waals surface area contributed by atoms with Crippen LogP contribution in [0.15, 0.2) is 24.3 Å². The Bertz CT molecular complexity index is 887. The van der Waals surface area contributed by atoms with Gasteiger partial charge in [0.15, 0.2) is 5.69 Å². The van der Waals surface area contributed by atoms with Crippen molar-refractivity contribution in [2.45, 2.75) is 33.4 Å². The second kappa shape index (κ2) is 8.05. The molecule has 0 aliphatic rings. The van der Waals surface area contributed by atoms with Crippen LogP contribution in [0.25, 0.3) is 0 Å². The number of aromatic nitrogens is 5. The summed E-state index contributed by atoms with van der Waals surface area (Å²) in [6, 6.07) is 7.70. The second-order valence-corrected chi connectivity index (χ2v) is 6.80. The third kappa shape index (κ3) is 4.05. The molecule has 0 unspecified atom stereocenters. The van der Waals surface area contributed by atoms with Crippen LogP contribution in [0.4, 0.5) is 0 Å². The van der Waals surface area contributed by atoms with Crippen LogP contribution in [0, 0.1) is 6.92 Å². The lowest BCUT2D eigenvalue weighted by Crippen LogP contribution is -2.24. The number of carbonyl (C=O) groups is 1. The van der Waals surface area contributed by atoms with Crippen LogP contribution in [0.2, 0.25) is 0 Å². The number of amides is 1. The van der Waals surface area contributed by atoms with E-state index in [9.17, 15) is 4.79 Å². The summed E-state index contributed by atoms with van der Waals surface area (Å²) in [5.41, 5.74) is 2.08. The first-order valence-corrected chi connectivity index (χ1v) is 9.04. The number of ether oxygens (including phenoxy) is 1. The van der Waals surface area contributed by atoms with Gasteiger partial charge in [-0.3, -0.25) is 4.79 Å². The van der Waals surface area contributed by atoms with Crippen LogP contribution in [-0.2, 0) is 19.5 Å². The van der Waals surface area contributed by atoms with Crippen molar-refractivity contribution in [2.75, 3.05) is 7.11 Å². The summed E-state index contributed by atoms with van der Waals surface area (Å²) < 4.78 is 6.86. The summed E-state index contributed by atoms with van der Waals surface area (Å²) in [5.74, 6) is 0.531. The number of aryl methyl sites for hydroxylation is 1. The smallest absolute Gasteiger partial charge is 0.274 e. The molecule has 0 spiro atoms. The summed E-state index contributed by atoms with van der Waals surface area (Å²) >= 11 is 1.50. The van der Waals surface area contributed by atoms with Gasteiger partial charge in [-0.15, -0.1) is 15.3 Å². The molecule has 3 rings (SSSR count). The Labute approximate surface area is 155 Å². The Kier molecular flexibility index (Phi) is 5.57. The van der Waals surface area contributed by atoms with E-state index < -0.39 is 0 Å². The topological polar surface area (TPSA) is 94.8 Å². The number of nitrogens with one attached hydrogen (secondary N) is 1. The van der Waals surface area contributed by atoms with E-state index >= 15 is 0 Å². The average molecular weight is 372 g/mol. The molecule has 3 aromatic rings. The highest BCUT2D eigenvalue weighted by atomic mass is 32.1. The normalized spacial score (nSPS) is 10.7. The predicted octanol–water partition coefficient (Wildman–Crippen LogP) is 1.99. The number of benzene rings is 1. The number of methoxy groups -OCH3 is 1. The lowest BCUT2D eigenvalue weighted by Gasteiger charge is -2.05. The van der Waals surface area contributed by atoms with Gasteiger partial charge in [0.25, 0.3) is 5.91 Å².